The minimum atomic E-state index is 0.581. The van der Waals surface area contributed by atoms with E-state index in [4.69, 9.17) is 9.97 Å². The molecule has 0 saturated carbocycles. The minimum Gasteiger partial charge on any atom is -0.309 e. The Labute approximate surface area is 689 Å². The number of para-hydroxylation sites is 8. The van der Waals surface area contributed by atoms with Gasteiger partial charge in [-0.15, -0.1) is 0 Å². The number of hydrogen-bond donors (Lipinski definition) is 0. The molecule has 25 aromatic rings. The third-order valence-electron chi connectivity index (χ3n) is 25.0. The Morgan fingerprint density at radius 1 is 0.125 bits per heavy atom. The lowest BCUT2D eigenvalue weighted by Gasteiger charge is -2.13. The molecule has 0 aliphatic rings. The highest BCUT2D eigenvalue weighted by molar-refractivity contribution is 6.18. The van der Waals surface area contributed by atoms with Crippen LogP contribution in [0, 0.1) is 0 Å². The lowest BCUT2D eigenvalue weighted by atomic mass is 9.98. The van der Waals surface area contributed by atoms with Crippen LogP contribution in [0.1, 0.15) is 0 Å². The van der Waals surface area contributed by atoms with Crippen molar-refractivity contribution in [3.05, 3.63) is 425 Å². The first-order chi connectivity index (χ1) is 59.5. The van der Waals surface area contributed by atoms with E-state index in [1.165, 1.54) is 98.0 Å². The second kappa shape index (κ2) is 26.7. The molecule has 0 bridgehead atoms. The maximum Gasteiger partial charge on any atom is 0.235 e. The first kappa shape index (κ1) is 67.2. The van der Waals surface area contributed by atoms with E-state index in [0.717, 1.165) is 128 Å². The van der Waals surface area contributed by atoms with E-state index in [2.05, 4.69) is 452 Å². The van der Waals surface area contributed by atoms with Crippen LogP contribution in [-0.4, -0.2) is 37.4 Å². The molecule has 0 N–H and O–H groups in total. The number of rotatable bonds is 12. The molecular formula is C112H70N8. The van der Waals surface area contributed by atoms with Gasteiger partial charge in [-0.25, -0.2) is 9.97 Å². The molecule has 120 heavy (non-hydrogen) atoms. The van der Waals surface area contributed by atoms with E-state index in [1.54, 1.807) is 0 Å². The number of benzene rings is 18. The first-order valence-corrected chi connectivity index (χ1v) is 41.1. The Balaban J connectivity index is 0.648. The summed E-state index contributed by atoms with van der Waals surface area (Å²) in [4.78, 5) is 11.3. The summed E-state index contributed by atoms with van der Waals surface area (Å²) >= 11 is 0. The Bertz CT molecular complexity index is 8070. The van der Waals surface area contributed by atoms with Gasteiger partial charge < -0.3 is 22.8 Å². The van der Waals surface area contributed by atoms with Crippen molar-refractivity contribution in [3.63, 3.8) is 0 Å². The molecule has 0 aliphatic heterocycles. The van der Waals surface area contributed by atoms with Gasteiger partial charge in [0, 0.05) is 104 Å². The predicted molar refractivity (Wildman–Crippen MR) is 501 cm³/mol. The lowest BCUT2D eigenvalue weighted by molar-refractivity contribution is 0.995. The molecule has 558 valence electrons. The van der Waals surface area contributed by atoms with Crippen molar-refractivity contribution in [1.82, 2.24) is 37.4 Å². The zero-order valence-electron chi connectivity index (χ0n) is 65.0. The molecule has 0 aliphatic carbocycles. The third-order valence-corrected chi connectivity index (χ3v) is 25.0. The summed E-state index contributed by atoms with van der Waals surface area (Å²) in [6, 6.07) is 156. The van der Waals surface area contributed by atoms with E-state index < -0.39 is 0 Å². The second-order valence-corrected chi connectivity index (χ2v) is 31.6. The predicted octanol–water partition coefficient (Wildman–Crippen LogP) is 29.1. The van der Waals surface area contributed by atoms with E-state index in [0.29, 0.717) is 5.95 Å². The van der Waals surface area contributed by atoms with Crippen LogP contribution in [-0.2, 0) is 0 Å². The molecule has 0 spiro atoms. The quantitative estimate of drug-likeness (QED) is 0.122. The van der Waals surface area contributed by atoms with Crippen LogP contribution in [0.3, 0.4) is 0 Å². The van der Waals surface area contributed by atoms with Gasteiger partial charge in [0.2, 0.25) is 5.95 Å². The van der Waals surface area contributed by atoms with E-state index in [1.807, 2.05) is 0 Å². The monoisotopic (exact) mass is 1530 g/mol. The molecule has 7 aromatic heterocycles. The van der Waals surface area contributed by atoms with Crippen molar-refractivity contribution in [2.45, 2.75) is 0 Å². The van der Waals surface area contributed by atoms with E-state index in [9.17, 15) is 0 Å². The summed E-state index contributed by atoms with van der Waals surface area (Å²) in [5.74, 6) is 0.581. The van der Waals surface area contributed by atoms with Gasteiger partial charge in [0.25, 0.3) is 0 Å². The van der Waals surface area contributed by atoms with Crippen LogP contribution >= 0.6 is 0 Å². The summed E-state index contributed by atoms with van der Waals surface area (Å²) in [5, 5.41) is 14.3. The van der Waals surface area contributed by atoms with Crippen molar-refractivity contribution in [3.8, 4) is 101 Å². The SMILES string of the molecule is c1ccc(-c2cc(-c3ccc(-n4c5ccc(-c6ccc7c(c6)c6ccccc6n7-c6ccccc6)cc5c5cc(-c6ccc7c(c6)c6ccccc6n7-c6ccccc6)ccc54)cc3)nc(-n3c4ccc(-c5ccc6c(c5)c5ccccc5n6-c5ccccc5)cc4c4cc(-c5ccc6c(c5)c5ccccc5n6-c5ccccc5)ccc43)n2)cc1. The van der Waals surface area contributed by atoms with Gasteiger partial charge >= 0.3 is 0 Å². The molecular weight excluding hydrogens is 1460 g/mol. The van der Waals surface area contributed by atoms with Crippen molar-refractivity contribution in [2.24, 2.45) is 0 Å². The normalized spacial score (nSPS) is 12.0. The summed E-state index contributed by atoms with van der Waals surface area (Å²) in [5.41, 5.74) is 32.0. The fourth-order valence-corrected chi connectivity index (χ4v) is 19.5. The highest BCUT2D eigenvalue weighted by Crippen LogP contribution is 2.46. The largest absolute Gasteiger partial charge is 0.309 e. The number of nitrogens with zero attached hydrogens (tertiary/aromatic N) is 8. The number of aromatic nitrogens is 8. The van der Waals surface area contributed by atoms with Crippen LogP contribution in [0.4, 0.5) is 0 Å². The molecule has 7 heterocycles. The highest BCUT2D eigenvalue weighted by Gasteiger charge is 2.25. The van der Waals surface area contributed by atoms with Gasteiger partial charge in [0.05, 0.1) is 77.6 Å². The van der Waals surface area contributed by atoms with Crippen LogP contribution in [0.2, 0.25) is 0 Å². The van der Waals surface area contributed by atoms with Crippen LogP contribution in [0.15, 0.2) is 425 Å². The first-order valence-electron chi connectivity index (χ1n) is 41.1. The molecule has 0 atom stereocenters. The standard InChI is InChI=1S/C112H70N8/c1-6-24-71(25-7-1)98-70-99(114-112(113-98)120-110-60-50-79(75-46-56-106-92(64-75)88-36-18-22-40-102(88)117(106)83-30-12-4-13-31-83)68-96(110)97-69-80(51-61-111(97)120)76-47-57-107-93(65-76)89-37-19-23-41-103(89)118(107)84-32-14-5-15-33-84)72-42-52-85(53-43-72)119-108-58-48-77(73-44-54-104-90(62-73)86-34-16-20-38-100(86)115(104)81-26-8-2-9-27-81)66-94(108)95-67-78(49-59-109(95)119)74-45-55-105-91(63-74)87-35-17-21-39-101(87)116(105)82-28-10-3-11-29-82/h1-70H. The van der Waals surface area contributed by atoms with Gasteiger partial charge in [-0.05, 0) is 233 Å². The van der Waals surface area contributed by atoms with Gasteiger partial charge in [0.15, 0.2) is 0 Å². The second-order valence-electron chi connectivity index (χ2n) is 31.6. The van der Waals surface area contributed by atoms with Gasteiger partial charge in [-0.1, -0.05) is 237 Å². The number of hydrogen-bond acceptors (Lipinski definition) is 2. The minimum absolute atomic E-state index is 0.581. The maximum absolute atomic E-state index is 5.73. The molecule has 8 heteroatoms. The fourth-order valence-electron chi connectivity index (χ4n) is 19.5. The Kier molecular flexibility index (Phi) is 15.0. The average Bonchev–Trinajstić information content (AvgIpc) is 1.57. The summed E-state index contributed by atoms with van der Waals surface area (Å²) in [6.45, 7) is 0. The smallest absolute Gasteiger partial charge is 0.235 e. The van der Waals surface area contributed by atoms with Crippen molar-refractivity contribution in [1.29, 1.82) is 0 Å². The zero-order chi connectivity index (χ0) is 78.6. The molecule has 0 amide bonds. The lowest BCUT2D eigenvalue weighted by Crippen LogP contribution is -2.04. The summed E-state index contributed by atoms with van der Waals surface area (Å²) < 4.78 is 14.3. The van der Waals surface area contributed by atoms with Gasteiger partial charge in [-0.3, -0.25) is 4.57 Å². The summed E-state index contributed by atoms with van der Waals surface area (Å²) in [6.07, 6.45) is 0. The third kappa shape index (κ3) is 10.5. The van der Waals surface area contributed by atoms with E-state index >= 15 is 0 Å². The Morgan fingerprint density at radius 3 is 0.567 bits per heavy atom. The molecule has 18 aromatic carbocycles. The molecule has 0 unspecified atom stereocenters. The Morgan fingerprint density at radius 2 is 0.308 bits per heavy atom. The molecule has 0 saturated heterocycles. The van der Waals surface area contributed by atoms with Gasteiger partial charge in [-0.2, -0.15) is 0 Å². The molecule has 0 fully saturated rings. The van der Waals surface area contributed by atoms with Gasteiger partial charge in [0.1, 0.15) is 0 Å². The Hall–Kier alpha value is -16.2. The zero-order valence-corrected chi connectivity index (χ0v) is 65.0. The molecule has 0 radical (unpaired) electrons. The van der Waals surface area contributed by atoms with Crippen molar-refractivity contribution in [2.75, 3.05) is 0 Å². The molecule has 25 rings (SSSR count). The van der Waals surface area contributed by atoms with Crippen LogP contribution in [0.5, 0.6) is 0 Å². The van der Waals surface area contributed by atoms with Crippen molar-refractivity contribution >= 4 is 131 Å². The summed E-state index contributed by atoms with van der Waals surface area (Å²) in [7, 11) is 0. The topological polar surface area (TPSA) is 55.4 Å². The van der Waals surface area contributed by atoms with E-state index in [-0.39, 0.29) is 0 Å². The number of fused-ring (bicyclic) bond motifs is 18. The highest BCUT2D eigenvalue weighted by atomic mass is 15.2. The fraction of sp³-hybridized carbons (Fsp3) is 0. The maximum atomic E-state index is 5.73. The molecule has 8 nitrogen and oxygen atoms in total. The van der Waals surface area contributed by atoms with Crippen LogP contribution in [0.25, 0.3) is 232 Å². The van der Waals surface area contributed by atoms with Crippen LogP contribution < -0.4 is 0 Å². The van der Waals surface area contributed by atoms with Crippen molar-refractivity contribution < 1.29 is 0 Å². The average molecular weight is 1530 g/mol.